The van der Waals surface area contributed by atoms with Crippen LogP contribution in [0, 0.1) is 0 Å². The Hall–Kier alpha value is -0.0900. The lowest BCUT2D eigenvalue weighted by Crippen LogP contribution is -2.01. The van der Waals surface area contributed by atoms with Gasteiger partial charge in [0.15, 0.2) is 0 Å². The van der Waals surface area contributed by atoms with Crippen LogP contribution >= 0.6 is 27.3 Å². The molecule has 0 fully saturated rings. The molecule has 1 heterocycles. The van der Waals surface area contributed by atoms with E-state index in [1.54, 1.807) is 18.4 Å². The van der Waals surface area contributed by atoms with Crippen LogP contribution < -0.4 is 4.74 Å². The Kier molecular flexibility index (Phi) is 3.53. The zero-order chi connectivity index (χ0) is 9.14. The average Bonchev–Trinajstić information content (AvgIpc) is 2.50. The molecule has 0 saturated carbocycles. The molecule has 1 aromatic rings. The lowest BCUT2D eigenvalue weighted by molar-refractivity contribution is 0.412. The number of ether oxygens (including phenoxy) is 1. The average molecular weight is 250 g/mol. The zero-order valence-electron chi connectivity index (χ0n) is 7.37. The summed E-state index contributed by atoms with van der Waals surface area (Å²) in [5.74, 6) is 0.492. The third-order valence-corrected chi connectivity index (χ3v) is 3.77. The van der Waals surface area contributed by atoms with Crippen LogP contribution in [0.25, 0.3) is 0 Å². The van der Waals surface area contributed by atoms with E-state index in [4.69, 9.17) is 4.74 Å². The molecule has 0 saturated heterocycles. The van der Waals surface area contributed by atoms with Crippen molar-refractivity contribution in [3.05, 3.63) is 11.1 Å². The van der Waals surface area contributed by atoms with E-state index < -0.39 is 0 Å². The molecule has 0 amide bonds. The van der Waals surface area contributed by atoms with Crippen LogP contribution in [0.4, 0.5) is 0 Å². The van der Waals surface area contributed by atoms with Gasteiger partial charge in [-0.3, -0.25) is 0 Å². The predicted molar refractivity (Wildman–Crippen MR) is 55.5 cm³/mol. The van der Waals surface area contributed by atoms with Crippen molar-refractivity contribution in [2.75, 3.05) is 7.11 Å². The van der Waals surface area contributed by atoms with Crippen LogP contribution in [0.2, 0.25) is 0 Å². The summed E-state index contributed by atoms with van der Waals surface area (Å²) in [7, 11) is 1.64. The van der Waals surface area contributed by atoms with Gasteiger partial charge in [0.05, 0.1) is 7.11 Å². The molecule has 12 heavy (non-hydrogen) atoms. The molecule has 0 aliphatic rings. The molecule has 0 aromatic carbocycles. The first-order chi connectivity index (χ1) is 5.65. The number of rotatable bonds is 3. The van der Waals surface area contributed by atoms with Crippen molar-refractivity contribution in [1.29, 1.82) is 0 Å². The van der Waals surface area contributed by atoms with Gasteiger partial charge in [0.25, 0.3) is 5.19 Å². The number of nitrogens with zero attached hydrogens (tertiary/aromatic N) is 1. The topological polar surface area (TPSA) is 22.1 Å². The van der Waals surface area contributed by atoms with Gasteiger partial charge in [-0.15, -0.1) is 0 Å². The fourth-order valence-corrected chi connectivity index (χ4v) is 2.15. The molecular weight excluding hydrogens is 238 g/mol. The molecule has 0 aliphatic carbocycles. The Labute approximate surface area is 85.1 Å². The number of thiazole rings is 1. The Bertz CT molecular complexity index is 249. The van der Waals surface area contributed by atoms with E-state index in [0.29, 0.717) is 10.7 Å². The van der Waals surface area contributed by atoms with Gasteiger partial charge in [-0.2, -0.15) is 0 Å². The molecule has 0 radical (unpaired) electrons. The Morgan fingerprint density at radius 1 is 1.58 bits per heavy atom. The van der Waals surface area contributed by atoms with Gasteiger partial charge in [0.2, 0.25) is 0 Å². The van der Waals surface area contributed by atoms with Crippen LogP contribution in [0.15, 0.2) is 6.20 Å². The summed E-state index contributed by atoms with van der Waals surface area (Å²) in [6, 6.07) is 0. The lowest BCUT2D eigenvalue weighted by atomic mass is 10.1. The summed E-state index contributed by atoms with van der Waals surface area (Å²) < 4.78 is 5.02. The van der Waals surface area contributed by atoms with E-state index in [1.165, 1.54) is 4.88 Å². The van der Waals surface area contributed by atoms with E-state index in [0.717, 1.165) is 5.19 Å². The minimum absolute atomic E-state index is 0.475. The van der Waals surface area contributed by atoms with E-state index in [9.17, 15) is 0 Å². The maximum absolute atomic E-state index is 5.02. The summed E-state index contributed by atoms with van der Waals surface area (Å²) >= 11 is 5.15. The van der Waals surface area contributed by atoms with E-state index in [1.807, 2.05) is 6.20 Å². The quantitative estimate of drug-likeness (QED) is 0.769. The van der Waals surface area contributed by atoms with Crippen LogP contribution in [0.5, 0.6) is 5.19 Å². The van der Waals surface area contributed by atoms with Crippen LogP contribution in [-0.4, -0.2) is 16.9 Å². The van der Waals surface area contributed by atoms with Gasteiger partial charge in [0, 0.05) is 21.8 Å². The number of methoxy groups -OCH3 is 1. The van der Waals surface area contributed by atoms with Crippen molar-refractivity contribution in [2.45, 2.75) is 24.6 Å². The van der Waals surface area contributed by atoms with Crippen molar-refractivity contribution in [1.82, 2.24) is 4.98 Å². The minimum Gasteiger partial charge on any atom is -0.473 e. The molecule has 0 aliphatic heterocycles. The van der Waals surface area contributed by atoms with E-state index in [2.05, 4.69) is 34.8 Å². The van der Waals surface area contributed by atoms with Crippen molar-refractivity contribution >= 4 is 27.3 Å². The molecule has 1 rings (SSSR count). The molecule has 2 unspecified atom stereocenters. The Morgan fingerprint density at radius 3 is 2.67 bits per heavy atom. The van der Waals surface area contributed by atoms with Gasteiger partial charge in [-0.25, -0.2) is 4.98 Å². The van der Waals surface area contributed by atoms with Crippen LogP contribution in [-0.2, 0) is 0 Å². The lowest BCUT2D eigenvalue weighted by Gasteiger charge is -2.09. The van der Waals surface area contributed by atoms with Crippen molar-refractivity contribution in [3.8, 4) is 5.19 Å². The number of alkyl halides is 1. The second-order valence-electron chi connectivity index (χ2n) is 2.70. The SMILES string of the molecule is COc1ncc(C(C)C(C)Br)s1. The minimum atomic E-state index is 0.475. The highest BCUT2D eigenvalue weighted by Crippen LogP contribution is 2.31. The highest BCUT2D eigenvalue weighted by Gasteiger charge is 2.14. The zero-order valence-corrected chi connectivity index (χ0v) is 9.78. The molecule has 2 nitrogen and oxygen atoms in total. The highest BCUT2D eigenvalue weighted by molar-refractivity contribution is 9.09. The maximum Gasteiger partial charge on any atom is 0.273 e. The van der Waals surface area contributed by atoms with Gasteiger partial charge >= 0.3 is 0 Å². The molecule has 68 valence electrons. The smallest absolute Gasteiger partial charge is 0.273 e. The molecule has 4 heteroatoms. The van der Waals surface area contributed by atoms with E-state index >= 15 is 0 Å². The largest absolute Gasteiger partial charge is 0.473 e. The molecule has 1 aromatic heterocycles. The fraction of sp³-hybridized carbons (Fsp3) is 0.625. The van der Waals surface area contributed by atoms with Crippen molar-refractivity contribution in [2.24, 2.45) is 0 Å². The third-order valence-electron chi connectivity index (χ3n) is 1.81. The van der Waals surface area contributed by atoms with Crippen molar-refractivity contribution in [3.63, 3.8) is 0 Å². The Balaban J connectivity index is 2.74. The normalized spacial score (nSPS) is 15.7. The standard InChI is InChI=1S/C8H12BrNOS/c1-5(6(2)9)7-4-10-8(11-3)12-7/h4-6H,1-3H3. The summed E-state index contributed by atoms with van der Waals surface area (Å²) in [6.45, 7) is 4.31. The van der Waals surface area contributed by atoms with Crippen LogP contribution in [0.3, 0.4) is 0 Å². The first-order valence-electron chi connectivity index (χ1n) is 3.79. The van der Waals surface area contributed by atoms with Gasteiger partial charge in [-0.1, -0.05) is 41.1 Å². The monoisotopic (exact) mass is 249 g/mol. The number of hydrogen-bond acceptors (Lipinski definition) is 3. The van der Waals surface area contributed by atoms with Gasteiger partial charge in [-0.05, 0) is 0 Å². The van der Waals surface area contributed by atoms with Gasteiger partial charge < -0.3 is 4.74 Å². The van der Waals surface area contributed by atoms with E-state index in [-0.39, 0.29) is 0 Å². The van der Waals surface area contributed by atoms with Gasteiger partial charge in [0.1, 0.15) is 0 Å². The summed E-state index contributed by atoms with van der Waals surface area (Å²) in [6.07, 6.45) is 1.88. The van der Waals surface area contributed by atoms with Crippen LogP contribution in [0.1, 0.15) is 24.6 Å². The highest BCUT2D eigenvalue weighted by atomic mass is 79.9. The predicted octanol–water partition coefficient (Wildman–Crippen LogP) is 3.04. The maximum atomic E-state index is 5.02. The Morgan fingerprint density at radius 2 is 2.25 bits per heavy atom. The molecule has 0 bridgehead atoms. The fourth-order valence-electron chi connectivity index (χ4n) is 0.801. The summed E-state index contributed by atoms with van der Waals surface area (Å²) in [5, 5.41) is 0.741. The summed E-state index contributed by atoms with van der Waals surface area (Å²) in [4.78, 5) is 5.85. The number of hydrogen-bond donors (Lipinski definition) is 0. The molecule has 0 spiro atoms. The second-order valence-corrected chi connectivity index (χ2v) is 5.17. The first kappa shape index (κ1) is 9.99. The molecular formula is C8H12BrNOS. The number of aromatic nitrogens is 1. The third kappa shape index (κ3) is 2.20. The number of halogens is 1. The first-order valence-corrected chi connectivity index (χ1v) is 5.52. The second kappa shape index (κ2) is 4.23. The summed E-state index contributed by atoms with van der Waals surface area (Å²) in [5.41, 5.74) is 0. The molecule has 2 atom stereocenters. The van der Waals surface area contributed by atoms with Crippen molar-refractivity contribution < 1.29 is 4.74 Å². The molecule has 0 N–H and O–H groups in total.